The summed E-state index contributed by atoms with van der Waals surface area (Å²) < 4.78 is 11.4. The number of carbonyl (C=O) groups excluding carboxylic acids is 1. The Labute approximate surface area is 243 Å². The molecule has 0 unspecified atom stereocenters. The van der Waals surface area contributed by atoms with Gasteiger partial charge in [0.15, 0.2) is 11.5 Å². The van der Waals surface area contributed by atoms with E-state index in [1.807, 2.05) is 46.7 Å². The summed E-state index contributed by atoms with van der Waals surface area (Å²) in [7, 11) is 0. The molecule has 0 atom stereocenters. The molecular weight excluding hydrogens is 575 g/mol. The van der Waals surface area contributed by atoms with Crippen LogP contribution in [-0.2, 0) is 5.75 Å². The third kappa shape index (κ3) is 5.91. The second kappa shape index (κ2) is 11.6. The Balaban J connectivity index is 1.04. The maximum atomic E-state index is 13.0. The second-order valence-corrected chi connectivity index (χ2v) is 11.8. The molecule has 0 bridgehead atoms. The van der Waals surface area contributed by atoms with Crippen LogP contribution in [0.15, 0.2) is 80.1 Å². The van der Waals surface area contributed by atoms with Crippen molar-refractivity contribution in [3.05, 3.63) is 92.7 Å². The van der Waals surface area contributed by atoms with E-state index in [1.54, 1.807) is 47.5 Å². The van der Waals surface area contributed by atoms with Crippen molar-refractivity contribution in [3.63, 3.8) is 0 Å². The number of benzene rings is 1. The van der Waals surface area contributed by atoms with Crippen molar-refractivity contribution in [2.24, 2.45) is 0 Å². The first kappa shape index (κ1) is 26.1. The van der Waals surface area contributed by atoms with E-state index in [-0.39, 0.29) is 11.8 Å². The van der Waals surface area contributed by atoms with Crippen LogP contribution in [-0.4, -0.2) is 39.0 Å². The van der Waals surface area contributed by atoms with Crippen LogP contribution in [0.5, 0.6) is 0 Å². The zero-order valence-corrected chi connectivity index (χ0v) is 23.7. The van der Waals surface area contributed by atoms with E-state index < -0.39 is 0 Å². The number of hydrogen-bond donors (Lipinski definition) is 0. The predicted molar refractivity (Wildman–Crippen MR) is 153 cm³/mol. The number of furan rings is 1. The molecule has 11 heteroatoms. The molecule has 6 rings (SSSR count). The summed E-state index contributed by atoms with van der Waals surface area (Å²) in [5.74, 6) is 2.57. The molecule has 1 fully saturated rings. The lowest BCUT2D eigenvalue weighted by Gasteiger charge is -2.30. The Kier molecular flexibility index (Phi) is 7.74. The summed E-state index contributed by atoms with van der Waals surface area (Å²) in [6.45, 7) is 1.31. The molecule has 1 saturated heterocycles. The number of nitrogens with zero attached hydrogens (tertiary/aromatic N) is 4. The summed E-state index contributed by atoms with van der Waals surface area (Å²) in [6.07, 6.45) is 3.44. The third-order valence-corrected chi connectivity index (χ3v) is 9.22. The summed E-state index contributed by atoms with van der Waals surface area (Å²) in [5, 5.41) is 9.07. The molecule has 7 nitrogen and oxygen atoms in total. The molecule has 0 aliphatic carbocycles. The summed E-state index contributed by atoms with van der Waals surface area (Å²) >= 11 is 15.3. The Morgan fingerprint density at radius 2 is 1.92 bits per heavy atom. The van der Waals surface area contributed by atoms with Gasteiger partial charge in [-0.15, -0.1) is 11.3 Å². The number of carbonyl (C=O) groups is 1. The molecule has 5 heterocycles. The molecule has 39 heavy (non-hydrogen) atoms. The fraction of sp³-hybridized carbons (Fsp3) is 0.214. The van der Waals surface area contributed by atoms with E-state index in [0.717, 1.165) is 39.9 Å². The van der Waals surface area contributed by atoms with Gasteiger partial charge < -0.3 is 13.8 Å². The first-order valence-corrected chi connectivity index (χ1v) is 15.0. The highest BCUT2D eigenvalue weighted by Crippen LogP contribution is 2.35. The number of hydrogen-bond acceptors (Lipinski definition) is 8. The molecule has 1 aliphatic heterocycles. The highest BCUT2D eigenvalue weighted by Gasteiger charge is 2.28. The fourth-order valence-corrected chi connectivity index (χ4v) is 6.44. The molecule has 1 aliphatic rings. The zero-order chi connectivity index (χ0) is 26.8. The van der Waals surface area contributed by atoms with Gasteiger partial charge in [0.1, 0.15) is 17.1 Å². The Morgan fingerprint density at radius 1 is 1.05 bits per heavy atom. The average Bonchev–Trinajstić information content (AvgIpc) is 3.75. The molecule has 0 spiro atoms. The van der Waals surface area contributed by atoms with Crippen molar-refractivity contribution in [2.75, 3.05) is 13.1 Å². The number of likely N-dealkylation sites (tertiary alicyclic amines) is 1. The molecule has 5 aromatic rings. The second-order valence-electron chi connectivity index (χ2n) is 9.07. The van der Waals surface area contributed by atoms with Gasteiger partial charge in [0.25, 0.3) is 5.91 Å². The first-order valence-electron chi connectivity index (χ1n) is 12.3. The van der Waals surface area contributed by atoms with Crippen LogP contribution in [0.25, 0.3) is 22.7 Å². The van der Waals surface area contributed by atoms with E-state index in [4.69, 9.17) is 37.1 Å². The van der Waals surface area contributed by atoms with E-state index in [2.05, 4.69) is 10.1 Å². The topological polar surface area (TPSA) is 85.3 Å². The number of pyridine rings is 1. The number of rotatable bonds is 7. The molecule has 0 saturated carbocycles. The summed E-state index contributed by atoms with van der Waals surface area (Å²) in [6, 6.07) is 16.6. The number of thiazole rings is 1. The van der Waals surface area contributed by atoms with Crippen molar-refractivity contribution in [1.82, 2.24) is 20.0 Å². The minimum absolute atomic E-state index is 0.0705. The van der Waals surface area contributed by atoms with Crippen molar-refractivity contribution in [2.45, 2.75) is 29.5 Å². The summed E-state index contributed by atoms with van der Waals surface area (Å²) in [5.41, 5.74) is 2.24. The van der Waals surface area contributed by atoms with Gasteiger partial charge in [-0.05, 0) is 49.2 Å². The van der Waals surface area contributed by atoms with Crippen molar-refractivity contribution >= 4 is 52.2 Å². The molecule has 0 radical (unpaired) electrons. The van der Waals surface area contributed by atoms with Gasteiger partial charge in [-0.25, -0.2) is 9.97 Å². The summed E-state index contributed by atoms with van der Waals surface area (Å²) in [4.78, 5) is 24.0. The number of amides is 1. The van der Waals surface area contributed by atoms with Crippen LogP contribution in [0, 0.1) is 0 Å². The standard InChI is InChI=1S/C28H22Cl2N4O3S2/c29-20-6-4-18(13-21(20)30)22-14-25(37-33-22)23-16-39-27(32-23)17-8-11-34(12-9-17)28(35)24-7-5-19(36-24)15-38-26-3-1-2-10-31-26/h1-7,10,13-14,16-17H,8-9,11-12,15H2. The first-order chi connectivity index (χ1) is 19.0. The number of aromatic nitrogens is 3. The van der Waals surface area contributed by atoms with Gasteiger partial charge in [0, 0.05) is 42.2 Å². The highest BCUT2D eigenvalue weighted by atomic mass is 35.5. The quantitative estimate of drug-likeness (QED) is 0.175. The molecule has 0 N–H and O–H groups in total. The maximum absolute atomic E-state index is 13.0. The monoisotopic (exact) mass is 596 g/mol. The lowest BCUT2D eigenvalue weighted by atomic mass is 9.97. The lowest BCUT2D eigenvalue weighted by Crippen LogP contribution is -2.37. The van der Waals surface area contributed by atoms with E-state index in [0.29, 0.717) is 46.1 Å². The van der Waals surface area contributed by atoms with Crippen LogP contribution < -0.4 is 0 Å². The van der Waals surface area contributed by atoms with E-state index >= 15 is 0 Å². The molecule has 4 aromatic heterocycles. The Hall–Kier alpha value is -3.11. The Bertz CT molecular complexity index is 1590. The predicted octanol–water partition coefficient (Wildman–Crippen LogP) is 8.07. The molecule has 198 valence electrons. The van der Waals surface area contributed by atoms with Crippen molar-refractivity contribution in [3.8, 4) is 22.7 Å². The minimum Gasteiger partial charge on any atom is -0.455 e. The van der Waals surface area contributed by atoms with Gasteiger partial charge >= 0.3 is 0 Å². The van der Waals surface area contributed by atoms with Crippen LogP contribution in [0.4, 0.5) is 0 Å². The van der Waals surface area contributed by atoms with Gasteiger partial charge in [-0.2, -0.15) is 0 Å². The van der Waals surface area contributed by atoms with Gasteiger partial charge in [0.2, 0.25) is 0 Å². The smallest absolute Gasteiger partial charge is 0.289 e. The normalized spacial score (nSPS) is 14.2. The van der Waals surface area contributed by atoms with Gasteiger partial charge in [-0.3, -0.25) is 4.79 Å². The maximum Gasteiger partial charge on any atom is 0.289 e. The number of halogens is 2. The van der Waals surface area contributed by atoms with E-state index in [1.165, 1.54) is 0 Å². The lowest BCUT2D eigenvalue weighted by molar-refractivity contribution is 0.0679. The molecular formula is C28H22Cl2N4O3S2. The van der Waals surface area contributed by atoms with E-state index in [9.17, 15) is 4.79 Å². The van der Waals surface area contributed by atoms with Crippen LogP contribution in [0.3, 0.4) is 0 Å². The van der Waals surface area contributed by atoms with Crippen LogP contribution in [0.1, 0.15) is 40.1 Å². The minimum atomic E-state index is -0.0705. The SMILES string of the molecule is O=C(c1ccc(CSc2ccccn2)o1)N1CCC(c2nc(-c3cc(-c4ccc(Cl)c(Cl)c4)no3)cs2)CC1. The average molecular weight is 598 g/mol. The zero-order valence-electron chi connectivity index (χ0n) is 20.5. The third-order valence-electron chi connectivity index (χ3n) is 6.50. The molecule has 1 aromatic carbocycles. The largest absolute Gasteiger partial charge is 0.455 e. The fourth-order valence-electron chi connectivity index (χ4n) is 4.41. The number of piperidine rings is 1. The Morgan fingerprint density at radius 3 is 2.72 bits per heavy atom. The van der Waals surface area contributed by atoms with Crippen molar-refractivity contribution in [1.29, 1.82) is 0 Å². The highest BCUT2D eigenvalue weighted by molar-refractivity contribution is 7.98. The van der Waals surface area contributed by atoms with Gasteiger partial charge in [0.05, 0.1) is 25.8 Å². The molecule has 1 amide bonds. The van der Waals surface area contributed by atoms with Crippen LogP contribution in [0.2, 0.25) is 10.0 Å². The van der Waals surface area contributed by atoms with Crippen molar-refractivity contribution < 1.29 is 13.7 Å². The van der Waals surface area contributed by atoms with Crippen LogP contribution >= 0.6 is 46.3 Å². The van der Waals surface area contributed by atoms with Gasteiger partial charge in [-0.1, -0.05) is 52.3 Å². The number of thioether (sulfide) groups is 1.